The molecule has 1 unspecified atom stereocenters. The molecule has 0 saturated heterocycles. The number of fused-ring (bicyclic) bond motifs is 1. The molecule has 2 N–H and O–H groups in total. The Labute approximate surface area is 185 Å². The molecule has 1 aliphatic rings. The van der Waals surface area contributed by atoms with Crippen LogP contribution in [0.2, 0.25) is 0 Å². The maximum Gasteiger partial charge on any atom is 0.305 e. The minimum atomic E-state index is -0.832. The van der Waals surface area contributed by atoms with E-state index in [1.165, 1.54) is 0 Å². The van der Waals surface area contributed by atoms with Crippen molar-refractivity contribution in [3.05, 3.63) is 52.6 Å². The van der Waals surface area contributed by atoms with Gasteiger partial charge in [0, 0.05) is 17.2 Å². The highest BCUT2D eigenvalue weighted by Gasteiger charge is 2.25. The molecule has 0 bridgehead atoms. The lowest BCUT2D eigenvalue weighted by atomic mass is 9.87. The summed E-state index contributed by atoms with van der Waals surface area (Å²) in [5.41, 5.74) is 5.03. The first kappa shape index (κ1) is 21.5. The molecule has 0 saturated carbocycles. The van der Waals surface area contributed by atoms with Crippen LogP contribution in [-0.2, 0) is 11.2 Å². The van der Waals surface area contributed by atoms with Gasteiger partial charge in [0.05, 0.1) is 18.1 Å². The molecule has 8 nitrogen and oxygen atoms in total. The van der Waals surface area contributed by atoms with Crippen molar-refractivity contribution in [1.82, 2.24) is 15.5 Å². The van der Waals surface area contributed by atoms with Crippen molar-refractivity contribution in [2.75, 3.05) is 6.54 Å². The van der Waals surface area contributed by atoms with Gasteiger partial charge in [0.25, 0.3) is 5.89 Å². The highest BCUT2D eigenvalue weighted by molar-refractivity contribution is 5.70. The third kappa shape index (κ3) is 4.20. The number of carbonyl (C=O) groups is 1. The van der Waals surface area contributed by atoms with Gasteiger partial charge in [-0.1, -0.05) is 17.3 Å². The zero-order chi connectivity index (χ0) is 22.8. The molecule has 2 heterocycles. The Morgan fingerprint density at radius 1 is 1.38 bits per heavy atom. The third-order valence-electron chi connectivity index (χ3n) is 5.53. The molecule has 1 aromatic heterocycles. The fourth-order valence-electron chi connectivity index (χ4n) is 4.07. The summed E-state index contributed by atoms with van der Waals surface area (Å²) >= 11 is 0. The van der Waals surface area contributed by atoms with Crippen molar-refractivity contribution in [2.24, 2.45) is 0 Å². The van der Waals surface area contributed by atoms with Crippen molar-refractivity contribution >= 4 is 5.97 Å². The molecule has 1 aliphatic heterocycles. The Hall–Kier alpha value is -3.70. The summed E-state index contributed by atoms with van der Waals surface area (Å²) in [7, 11) is 0. The Kier molecular flexibility index (Phi) is 5.93. The zero-order valence-corrected chi connectivity index (χ0v) is 18.2. The topological polar surface area (TPSA) is 121 Å². The molecule has 0 aliphatic carbocycles. The average Bonchev–Trinajstić information content (AvgIpc) is 3.24. The molecular formula is C24H24N4O4. The van der Waals surface area contributed by atoms with E-state index in [0.717, 1.165) is 28.7 Å². The van der Waals surface area contributed by atoms with Crippen LogP contribution in [0.5, 0.6) is 5.75 Å². The predicted octanol–water partition coefficient (Wildman–Crippen LogP) is 4.03. The summed E-state index contributed by atoms with van der Waals surface area (Å²) < 4.78 is 11.2. The summed E-state index contributed by atoms with van der Waals surface area (Å²) in [5, 5.41) is 26.1. The van der Waals surface area contributed by atoms with Crippen molar-refractivity contribution in [3.8, 4) is 34.7 Å². The van der Waals surface area contributed by atoms with E-state index in [0.29, 0.717) is 35.1 Å². The minimum Gasteiger partial charge on any atom is -0.490 e. The van der Waals surface area contributed by atoms with Crippen LogP contribution in [0, 0.1) is 18.3 Å². The first-order valence-corrected chi connectivity index (χ1v) is 10.5. The number of nitriles is 1. The quantitative estimate of drug-likeness (QED) is 0.599. The molecule has 4 rings (SSSR count). The van der Waals surface area contributed by atoms with E-state index in [1.807, 2.05) is 32.9 Å². The van der Waals surface area contributed by atoms with Crippen LogP contribution in [0.1, 0.15) is 48.6 Å². The van der Waals surface area contributed by atoms with Crippen LogP contribution in [-0.4, -0.2) is 33.9 Å². The number of aliphatic carboxylic acids is 1. The number of nitrogens with one attached hydrogen (secondary N) is 1. The predicted molar refractivity (Wildman–Crippen MR) is 117 cm³/mol. The second kappa shape index (κ2) is 8.81. The Bertz CT molecular complexity index is 1210. The van der Waals surface area contributed by atoms with Gasteiger partial charge < -0.3 is 19.7 Å². The lowest BCUT2D eigenvalue weighted by Crippen LogP contribution is -2.32. The normalized spacial score (nSPS) is 15.3. The fourth-order valence-corrected chi connectivity index (χ4v) is 4.07. The van der Waals surface area contributed by atoms with Gasteiger partial charge >= 0.3 is 5.97 Å². The highest BCUT2D eigenvalue weighted by Crippen LogP contribution is 2.34. The van der Waals surface area contributed by atoms with Crippen LogP contribution in [0.25, 0.3) is 22.8 Å². The number of nitrogens with zero attached hydrogens (tertiary/aromatic N) is 3. The van der Waals surface area contributed by atoms with Crippen molar-refractivity contribution in [2.45, 2.75) is 45.8 Å². The van der Waals surface area contributed by atoms with Crippen molar-refractivity contribution < 1.29 is 19.2 Å². The molecule has 1 atom stereocenters. The second-order valence-electron chi connectivity index (χ2n) is 8.07. The summed E-state index contributed by atoms with van der Waals surface area (Å²) in [6, 6.07) is 11.0. The van der Waals surface area contributed by atoms with Gasteiger partial charge in [-0.3, -0.25) is 4.79 Å². The Morgan fingerprint density at radius 2 is 2.19 bits per heavy atom. The number of hydrogen-bond donors (Lipinski definition) is 2. The van der Waals surface area contributed by atoms with Crippen LogP contribution >= 0.6 is 0 Å². The average molecular weight is 432 g/mol. The smallest absolute Gasteiger partial charge is 0.305 e. The number of carboxylic acid groups (broad SMARTS) is 1. The van der Waals surface area contributed by atoms with Gasteiger partial charge in [0.15, 0.2) is 0 Å². The van der Waals surface area contributed by atoms with E-state index in [9.17, 15) is 15.2 Å². The van der Waals surface area contributed by atoms with Crippen LogP contribution in [0.3, 0.4) is 0 Å². The number of hydrogen-bond acceptors (Lipinski definition) is 7. The molecule has 3 aromatic rings. The standard InChI is InChI=1S/C24H24N4O4/c1-13(2)31-21-7-4-15(10-16(21)12-25)24-27-23(28-32-24)18-5-6-19-17(14(18)3)8-9-26-20(19)11-22(29)30/h4-7,10,13,20,26H,8-9,11H2,1-3H3,(H,29,30). The molecule has 8 heteroatoms. The first-order valence-electron chi connectivity index (χ1n) is 10.5. The molecule has 0 amide bonds. The molecule has 0 radical (unpaired) electrons. The maximum atomic E-state index is 11.2. The van der Waals surface area contributed by atoms with E-state index in [1.54, 1.807) is 18.2 Å². The lowest BCUT2D eigenvalue weighted by molar-refractivity contribution is -0.137. The minimum absolute atomic E-state index is 0.0376. The van der Waals surface area contributed by atoms with Gasteiger partial charge in [-0.15, -0.1) is 0 Å². The van der Waals surface area contributed by atoms with E-state index < -0.39 is 5.97 Å². The number of rotatable bonds is 6. The molecule has 0 fully saturated rings. The fraction of sp³-hybridized carbons (Fsp3) is 0.333. The van der Waals surface area contributed by atoms with E-state index in [-0.39, 0.29) is 18.6 Å². The van der Waals surface area contributed by atoms with Gasteiger partial charge in [-0.2, -0.15) is 10.2 Å². The van der Waals surface area contributed by atoms with Gasteiger partial charge in [0.2, 0.25) is 5.82 Å². The van der Waals surface area contributed by atoms with Crippen LogP contribution in [0.15, 0.2) is 34.9 Å². The summed E-state index contributed by atoms with van der Waals surface area (Å²) in [6.07, 6.45) is 0.800. The monoisotopic (exact) mass is 432 g/mol. The Morgan fingerprint density at radius 3 is 2.91 bits per heavy atom. The molecule has 164 valence electrons. The number of aromatic nitrogens is 2. The lowest BCUT2D eigenvalue weighted by Gasteiger charge is -2.28. The van der Waals surface area contributed by atoms with E-state index in [4.69, 9.17) is 9.26 Å². The van der Waals surface area contributed by atoms with E-state index in [2.05, 4.69) is 21.5 Å². The van der Waals surface area contributed by atoms with Crippen LogP contribution in [0.4, 0.5) is 0 Å². The van der Waals surface area contributed by atoms with Gasteiger partial charge in [-0.05, 0) is 68.6 Å². The summed E-state index contributed by atoms with van der Waals surface area (Å²) in [6.45, 7) is 6.52. The van der Waals surface area contributed by atoms with Gasteiger partial charge in [0.1, 0.15) is 11.8 Å². The van der Waals surface area contributed by atoms with Crippen molar-refractivity contribution in [3.63, 3.8) is 0 Å². The second-order valence-corrected chi connectivity index (χ2v) is 8.07. The first-order chi connectivity index (χ1) is 15.4. The van der Waals surface area contributed by atoms with Crippen molar-refractivity contribution in [1.29, 1.82) is 5.26 Å². The highest BCUT2D eigenvalue weighted by atomic mass is 16.5. The zero-order valence-electron chi connectivity index (χ0n) is 18.2. The van der Waals surface area contributed by atoms with Gasteiger partial charge in [-0.25, -0.2) is 0 Å². The largest absolute Gasteiger partial charge is 0.490 e. The van der Waals surface area contributed by atoms with Crippen LogP contribution < -0.4 is 10.1 Å². The number of ether oxygens (including phenoxy) is 1. The SMILES string of the molecule is Cc1c(-c2noc(-c3ccc(OC(C)C)c(C#N)c3)n2)ccc2c1CCNC2CC(=O)O. The molecule has 0 spiro atoms. The maximum absolute atomic E-state index is 11.2. The molecule has 2 aromatic carbocycles. The Balaban J connectivity index is 1.66. The molecule has 32 heavy (non-hydrogen) atoms. The summed E-state index contributed by atoms with van der Waals surface area (Å²) in [4.78, 5) is 15.8. The van der Waals surface area contributed by atoms with E-state index >= 15 is 0 Å². The molecular weight excluding hydrogens is 408 g/mol. The third-order valence-corrected chi connectivity index (χ3v) is 5.53. The summed E-state index contributed by atoms with van der Waals surface area (Å²) in [5.74, 6) is 0.451. The number of carboxylic acids is 1. The number of benzene rings is 2.